The van der Waals surface area contributed by atoms with Crippen molar-refractivity contribution in [1.82, 2.24) is 0 Å². The predicted molar refractivity (Wildman–Crippen MR) is 51.4 cm³/mol. The van der Waals surface area contributed by atoms with E-state index in [2.05, 4.69) is 25.3 Å². The second-order valence-corrected chi connectivity index (χ2v) is 2.96. The van der Waals surface area contributed by atoms with Crippen LogP contribution >= 0.6 is 25.3 Å². The summed E-state index contributed by atoms with van der Waals surface area (Å²) < 4.78 is 0. The molecular weight excluding hydrogens is 332 g/mol. The Balaban J connectivity index is -0.000000270. The minimum atomic E-state index is 0. The van der Waals surface area contributed by atoms with Gasteiger partial charge in [0.15, 0.2) is 0 Å². The number of aryl methyl sites for hydroxylation is 1. The fourth-order valence-corrected chi connectivity index (χ4v) is 1.05. The van der Waals surface area contributed by atoms with Gasteiger partial charge in [-0.25, -0.2) is 0 Å². The zero-order valence-corrected chi connectivity index (χ0v) is 13.0. The molecule has 0 saturated heterocycles. The Labute approximate surface area is 121 Å². The standard InChI is InChI=1S/C7H8S2.2BrH.Mg/c1-5-2-3-6(8)7(9)4-5;;;/h2-4,8-9H,1H3;2*1H;/q;;;+2/p-2. The van der Waals surface area contributed by atoms with E-state index in [1.807, 2.05) is 25.1 Å². The van der Waals surface area contributed by atoms with Crippen LogP contribution in [0.2, 0.25) is 0 Å². The van der Waals surface area contributed by atoms with Crippen LogP contribution < -0.4 is 34.0 Å². The van der Waals surface area contributed by atoms with Crippen LogP contribution in [-0.2, 0) is 0 Å². The van der Waals surface area contributed by atoms with Crippen molar-refractivity contribution in [3.63, 3.8) is 0 Å². The van der Waals surface area contributed by atoms with E-state index in [-0.39, 0.29) is 57.0 Å². The SMILES string of the molecule is Cc1ccc(S)c(S)c1.[Br-].[Br-].[Mg+2]. The maximum atomic E-state index is 4.19. The van der Waals surface area contributed by atoms with Gasteiger partial charge in [0.25, 0.3) is 0 Å². The van der Waals surface area contributed by atoms with E-state index in [1.165, 1.54) is 5.56 Å². The molecular formula is C7H8Br2MgS2. The molecule has 0 heterocycles. The Morgan fingerprint density at radius 1 is 1.00 bits per heavy atom. The summed E-state index contributed by atoms with van der Waals surface area (Å²) in [7, 11) is 0. The summed E-state index contributed by atoms with van der Waals surface area (Å²) in [5.74, 6) is 0. The molecule has 0 aliphatic carbocycles. The Bertz CT molecular complexity index is 231. The predicted octanol–water partition coefficient (Wildman–Crippen LogP) is -3.80. The van der Waals surface area contributed by atoms with Crippen molar-refractivity contribution in [3.8, 4) is 0 Å². The third kappa shape index (κ3) is 6.15. The summed E-state index contributed by atoms with van der Waals surface area (Å²) >= 11 is 8.36. The molecule has 0 amide bonds. The smallest absolute Gasteiger partial charge is 1.00 e. The van der Waals surface area contributed by atoms with Gasteiger partial charge in [-0.15, -0.1) is 25.3 Å². The minimum absolute atomic E-state index is 0. The minimum Gasteiger partial charge on any atom is -1.00 e. The van der Waals surface area contributed by atoms with Crippen LogP contribution in [-0.4, -0.2) is 23.1 Å². The third-order valence-corrected chi connectivity index (χ3v) is 2.07. The van der Waals surface area contributed by atoms with Crippen molar-refractivity contribution in [2.45, 2.75) is 16.7 Å². The molecule has 0 unspecified atom stereocenters. The summed E-state index contributed by atoms with van der Waals surface area (Å²) in [5.41, 5.74) is 1.22. The molecule has 1 aromatic rings. The second-order valence-electron chi connectivity index (χ2n) is 1.99. The van der Waals surface area contributed by atoms with Crippen LogP contribution in [0.1, 0.15) is 5.56 Å². The summed E-state index contributed by atoms with van der Waals surface area (Å²) in [5, 5.41) is 0. The quantitative estimate of drug-likeness (QED) is 0.351. The molecule has 0 radical (unpaired) electrons. The normalized spacial score (nSPS) is 7.25. The van der Waals surface area contributed by atoms with E-state index in [9.17, 15) is 0 Å². The number of halogens is 2. The maximum Gasteiger partial charge on any atom is 2.00 e. The molecule has 0 fully saturated rings. The number of hydrogen-bond donors (Lipinski definition) is 2. The molecule has 0 aliphatic heterocycles. The molecule has 0 atom stereocenters. The summed E-state index contributed by atoms with van der Waals surface area (Å²) in [6.45, 7) is 2.03. The topological polar surface area (TPSA) is 0 Å². The Morgan fingerprint density at radius 2 is 1.50 bits per heavy atom. The van der Waals surface area contributed by atoms with Gasteiger partial charge in [-0.05, 0) is 24.6 Å². The van der Waals surface area contributed by atoms with E-state index >= 15 is 0 Å². The summed E-state index contributed by atoms with van der Waals surface area (Å²) in [6.07, 6.45) is 0. The van der Waals surface area contributed by atoms with E-state index in [4.69, 9.17) is 0 Å². The third-order valence-electron chi connectivity index (χ3n) is 1.13. The molecule has 0 spiro atoms. The van der Waals surface area contributed by atoms with E-state index in [0.29, 0.717) is 0 Å². The Morgan fingerprint density at radius 3 is 1.83 bits per heavy atom. The Kier molecular flexibility index (Phi) is 14.8. The molecule has 1 aromatic carbocycles. The van der Waals surface area contributed by atoms with Crippen molar-refractivity contribution in [2.75, 3.05) is 0 Å². The maximum absolute atomic E-state index is 4.19. The molecule has 0 saturated carbocycles. The number of hydrogen-bond acceptors (Lipinski definition) is 2. The van der Waals surface area contributed by atoms with Crippen molar-refractivity contribution in [3.05, 3.63) is 23.8 Å². The molecule has 0 aliphatic rings. The van der Waals surface area contributed by atoms with Crippen molar-refractivity contribution < 1.29 is 34.0 Å². The van der Waals surface area contributed by atoms with Crippen molar-refractivity contribution >= 4 is 48.3 Å². The molecule has 12 heavy (non-hydrogen) atoms. The van der Waals surface area contributed by atoms with Gasteiger partial charge in [0, 0.05) is 9.79 Å². The average molecular weight is 340 g/mol. The van der Waals surface area contributed by atoms with Crippen LogP contribution in [0.3, 0.4) is 0 Å². The summed E-state index contributed by atoms with van der Waals surface area (Å²) in [6, 6.07) is 5.95. The van der Waals surface area contributed by atoms with Crippen molar-refractivity contribution in [1.29, 1.82) is 0 Å². The molecule has 0 aromatic heterocycles. The fourth-order valence-electron chi connectivity index (χ4n) is 0.633. The van der Waals surface area contributed by atoms with Gasteiger partial charge in [0.05, 0.1) is 0 Å². The van der Waals surface area contributed by atoms with Gasteiger partial charge in [-0.3, -0.25) is 0 Å². The average Bonchev–Trinajstić information content (AvgIpc) is 1.80. The van der Waals surface area contributed by atoms with Crippen molar-refractivity contribution in [2.24, 2.45) is 0 Å². The van der Waals surface area contributed by atoms with Gasteiger partial charge >= 0.3 is 23.1 Å². The summed E-state index contributed by atoms with van der Waals surface area (Å²) in [4.78, 5) is 1.88. The van der Waals surface area contributed by atoms with Crippen LogP contribution in [0.15, 0.2) is 28.0 Å². The molecule has 0 bridgehead atoms. The van der Waals surface area contributed by atoms with Gasteiger partial charge in [-0.2, -0.15) is 0 Å². The van der Waals surface area contributed by atoms with Crippen LogP contribution in [0.4, 0.5) is 0 Å². The number of benzene rings is 1. The van der Waals surface area contributed by atoms with Gasteiger partial charge in [0.2, 0.25) is 0 Å². The van der Waals surface area contributed by atoms with Gasteiger partial charge < -0.3 is 34.0 Å². The van der Waals surface area contributed by atoms with Gasteiger partial charge in [0.1, 0.15) is 0 Å². The zero-order valence-electron chi connectivity index (χ0n) is 6.59. The molecule has 0 nitrogen and oxygen atoms in total. The zero-order chi connectivity index (χ0) is 6.85. The second kappa shape index (κ2) is 9.21. The number of rotatable bonds is 0. The molecule has 0 N–H and O–H groups in total. The fraction of sp³-hybridized carbons (Fsp3) is 0.143. The molecule has 1 rings (SSSR count). The van der Waals surface area contributed by atoms with E-state index in [1.54, 1.807) is 0 Å². The van der Waals surface area contributed by atoms with E-state index in [0.717, 1.165) is 9.79 Å². The van der Waals surface area contributed by atoms with Crippen LogP contribution in [0, 0.1) is 6.92 Å². The largest absolute Gasteiger partial charge is 2.00 e. The first kappa shape index (κ1) is 19.3. The Hall–Kier alpha value is 1.65. The molecule has 64 valence electrons. The van der Waals surface area contributed by atoms with Crippen LogP contribution in [0.5, 0.6) is 0 Å². The molecule has 5 heteroatoms. The monoisotopic (exact) mass is 338 g/mol. The first-order valence-corrected chi connectivity index (χ1v) is 3.58. The van der Waals surface area contributed by atoms with E-state index < -0.39 is 0 Å². The first-order valence-electron chi connectivity index (χ1n) is 2.69. The van der Waals surface area contributed by atoms with Gasteiger partial charge in [-0.1, -0.05) is 6.07 Å². The first-order chi connectivity index (χ1) is 4.20. The number of thiol groups is 2. The van der Waals surface area contributed by atoms with Crippen LogP contribution in [0.25, 0.3) is 0 Å².